The quantitative estimate of drug-likeness (QED) is 0.766. The third-order valence-corrected chi connectivity index (χ3v) is 2.21. The molecule has 0 spiro atoms. The smallest absolute Gasteiger partial charge is 0.119 e. The van der Waals surface area contributed by atoms with Crippen molar-refractivity contribution >= 4 is 0 Å². The van der Waals surface area contributed by atoms with Crippen molar-refractivity contribution in [1.82, 2.24) is 0 Å². The molecule has 0 bridgehead atoms. The lowest BCUT2D eigenvalue weighted by molar-refractivity contribution is 0.164. The zero-order valence-electron chi connectivity index (χ0n) is 8.82. The van der Waals surface area contributed by atoms with Crippen LogP contribution >= 0.6 is 0 Å². The van der Waals surface area contributed by atoms with Crippen molar-refractivity contribution < 1.29 is 9.84 Å². The number of hydrogen-bond donors (Lipinski definition) is 2. The Morgan fingerprint density at radius 2 is 2.00 bits per heavy atom. The summed E-state index contributed by atoms with van der Waals surface area (Å²) in [4.78, 5) is 0. The largest absolute Gasteiger partial charge is 0.497 e. The van der Waals surface area contributed by atoms with Crippen LogP contribution in [0.3, 0.4) is 0 Å². The van der Waals surface area contributed by atoms with Crippen molar-refractivity contribution in [2.45, 2.75) is 26.0 Å². The van der Waals surface area contributed by atoms with Crippen LogP contribution in [0.25, 0.3) is 0 Å². The Labute approximate surface area is 84.5 Å². The number of nitrogens with two attached hydrogens (primary N) is 1. The Hall–Kier alpha value is -1.06. The monoisotopic (exact) mass is 195 g/mol. The van der Waals surface area contributed by atoms with Crippen LogP contribution in [0.1, 0.15) is 24.1 Å². The summed E-state index contributed by atoms with van der Waals surface area (Å²) in [6.45, 7) is 3.65. The molecular formula is C11H17NO2. The fourth-order valence-corrected chi connectivity index (χ4v) is 1.37. The molecule has 0 unspecified atom stereocenters. The van der Waals surface area contributed by atoms with Gasteiger partial charge < -0.3 is 15.6 Å². The number of ether oxygens (including phenoxy) is 1. The predicted octanol–water partition coefficient (Wildman–Crippen LogP) is 1.38. The molecule has 1 aromatic rings. The molecular weight excluding hydrogens is 178 g/mol. The number of hydrogen-bond acceptors (Lipinski definition) is 3. The summed E-state index contributed by atoms with van der Waals surface area (Å²) >= 11 is 0. The summed E-state index contributed by atoms with van der Waals surface area (Å²) in [5, 5.41) is 9.36. The molecule has 0 aromatic heterocycles. The van der Waals surface area contributed by atoms with E-state index in [0.29, 0.717) is 0 Å². The fourth-order valence-electron chi connectivity index (χ4n) is 1.37. The maximum atomic E-state index is 9.36. The summed E-state index contributed by atoms with van der Waals surface area (Å²) in [6.07, 6.45) is -0.554. The summed E-state index contributed by atoms with van der Waals surface area (Å²) in [5.74, 6) is 0.774. The first kappa shape index (κ1) is 11.0. The molecule has 14 heavy (non-hydrogen) atoms. The van der Waals surface area contributed by atoms with Gasteiger partial charge in [0.15, 0.2) is 0 Å². The normalized spacial score (nSPS) is 14.9. The highest BCUT2D eigenvalue weighted by Gasteiger charge is 2.12. The standard InChI is InChI=1S/C11H17NO2/c1-7-4-9(11(12)8(2)13)6-10(5-7)14-3/h4-6,8,11,13H,12H2,1-3H3/t8-,11-/m1/s1. The Morgan fingerprint density at radius 3 is 2.50 bits per heavy atom. The van der Waals surface area contributed by atoms with E-state index < -0.39 is 6.10 Å². The first-order chi connectivity index (χ1) is 6.54. The SMILES string of the molecule is COc1cc(C)cc([C@H](N)[C@@H](C)O)c1. The maximum absolute atomic E-state index is 9.36. The average molecular weight is 195 g/mol. The molecule has 0 radical (unpaired) electrons. The van der Waals surface area contributed by atoms with E-state index in [1.165, 1.54) is 0 Å². The Bertz CT molecular complexity index is 310. The molecule has 2 atom stereocenters. The maximum Gasteiger partial charge on any atom is 0.119 e. The molecule has 0 aliphatic rings. The summed E-state index contributed by atoms with van der Waals surface area (Å²) in [6, 6.07) is 5.38. The number of aliphatic hydroxyl groups excluding tert-OH is 1. The van der Waals surface area contributed by atoms with Crippen LogP contribution in [0.4, 0.5) is 0 Å². The lowest BCUT2D eigenvalue weighted by Gasteiger charge is -2.16. The van der Waals surface area contributed by atoms with Gasteiger partial charge in [0.1, 0.15) is 5.75 Å². The number of rotatable bonds is 3. The second kappa shape index (κ2) is 4.44. The number of benzene rings is 1. The van der Waals surface area contributed by atoms with Crippen molar-refractivity contribution in [2.24, 2.45) is 5.73 Å². The van der Waals surface area contributed by atoms with Crippen molar-refractivity contribution in [1.29, 1.82) is 0 Å². The highest BCUT2D eigenvalue weighted by Crippen LogP contribution is 2.22. The van der Waals surface area contributed by atoms with Gasteiger partial charge in [-0.2, -0.15) is 0 Å². The first-order valence-corrected chi connectivity index (χ1v) is 4.64. The molecule has 3 heteroatoms. The highest BCUT2D eigenvalue weighted by molar-refractivity contribution is 5.35. The van der Waals surface area contributed by atoms with Crippen LogP contribution in [-0.4, -0.2) is 18.3 Å². The van der Waals surface area contributed by atoms with Crippen LogP contribution in [0, 0.1) is 6.92 Å². The number of methoxy groups -OCH3 is 1. The molecule has 0 fully saturated rings. The lowest BCUT2D eigenvalue weighted by Crippen LogP contribution is -2.23. The van der Waals surface area contributed by atoms with Crippen LogP contribution < -0.4 is 10.5 Å². The van der Waals surface area contributed by atoms with Crippen LogP contribution in [0.5, 0.6) is 5.75 Å². The molecule has 1 aromatic carbocycles. The van der Waals surface area contributed by atoms with Gasteiger partial charge in [-0.05, 0) is 37.1 Å². The minimum Gasteiger partial charge on any atom is -0.497 e. The third-order valence-electron chi connectivity index (χ3n) is 2.21. The second-order valence-electron chi connectivity index (χ2n) is 3.55. The molecule has 0 aliphatic heterocycles. The van der Waals surface area contributed by atoms with Crippen LogP contribution in [0.2, 0.25) is 0 Å². The van der Waals surface area contributed by atoms with E-state index >= 15 is 0 Å². The van der Waals surface area contributed by atoms with Gasteiger partial charge >= 0.3 is 0 Å². The van der Waals surface area contributed by atoms with Crippen LogP contribution in [-0.2, 0) is 0 Å². The zero-order chi connectivity index (χ0) is 10.7. The van der Waals surface area contributed by atoms with Crippen LogP contribution in [0.15, 0.2) is 18.2 Å². The molecule has 3 N–H and O–H groups in total. The molecule has 1 rings (SSSR count). The van der Waals surface area contributed by atoms with E-state index in [2.05, 4.69) is 0 Å². The molecule has 0 amide bonds. The van der Waals surface area contributed by atoms with Gasteiger partial charge in [-0.15, -0.1) is 0 Å². The first-order valence-electron chi connectivity index (χ1n) is 4.64. The molecule has 78 valence electrons. The molecule has 0 saturated carbocycles. The minimum atomic E-state index is -0.554. The van der Waals surface area contributed by atoms with E-state index in [-0.39, 0.29) is 6.04 Å². The van der Waals surface area contributed by atoms with Gasteiger partial charge in [0.05, 0.1) is 19.3 Å². The third kappa shape index (κ3) is 2.47. The van der Waals surface area contributed by atoms with E-state index in [0.717, 1.165) is 16.9 Å². The Kier molecular flexibility index (Phi) is 3.49. The van der Waals surface area contributed by atoms with Gasteiger partial charge in [0.25, 0.3) is 0 Å². The topological polar surface area (TPSA) is 55.5 Å². The van der Waals surface area contributed by atoms with Crippen molar-refractivity contribution in [3.63, 3.8) is 0 Å². The summed E-state index contributed by atoms with van der Waals surface area (Å²) < 4.78 is 5.13. The van der Waals surface area contributed by atoms with Crippen molar-refractivity contribution in [2.75, 3.05) is 7.11 Å². The van der Waals surface area contributed by atoms with E-state index in [1.807, 2.05) is 25.1 Å². The second-order valence-corrected chi connectivity index (χ2v) is 3.55. The molecule has 0 heterocycles. The van der Waals surface area contributed by atoms with Gasteiger partial charge in [0.2, 0.25) is 0 Å². The Morgan fingerprint density at radius 1 is 1.36 bits per heavy atom. The summed E-state index contributed by atoms with van der Waals surface area (Å²) in [7, 11) is 1.62. The molecule has 0 saturated heterocycles. The molecule has 0 aliphatic carbocycles. The summed E-state index contributed by atoms with van der Waals surface area (Å²) in [5.41, 5.74) is 7.80. The Balaban J connectivity index is 3.02. The van der Waals surface area contributed by atoms with Gasteiger partial charge in [0, 0.05) is 0 Å². The number of aryl methyl sites for hydroxylation is 1. The lowest BCUT2D eigenvalue weighted by atomic mass is 10.0. The van der Waals surface area contributed by atoms with Gasteiger partial charge in [-0.1, -0.05) is 6.07 Å². The minimum absolute atomic E-state index is 0.358. The molecule has 3 nitrogen and oxygen atoms in total. The van der Waals surface area contributed by atoms with E-state index in [1.54, 1.807) is 14.0 Å². The van der Waals surface area contributed by atoms with E-state index in [4.69, 9.17) is 10.5 Å². The van der Waals surface area contributed by atoms with Crippen molar-refractivity contribution in [3.8, 4) is 5.75 Å². The fraction of sp³-hybridized carbons (Fsp3) is 0.455. The van der Waals surface area contributed by atoms with Gasteiger partial charge in [-0.3, -0.25) is 0 Å². The predicted molar refractivity (Wildman–Crippen MR) is 56.3 cm³/mol. The van der Waals surface area contributed by atoms with Gasteiger partial charge in [-0.25, -0.2) is 0 Å². The number of aliphatic hydroxyl groups is 1. The zero-order valence-corrected chi connectivity index (χ0v) is 8.82. The average Bonchev–Trinajstić information content (AvgIpc) is 2.15. The van der Waals surface area contributed by atoms with Crippen molar-refractivity contribution in [3.05, 3.63) is 29.3 Å². The van der Waals surface area contributed by atoms with E-state index in [9.17, 15) is 5.11 Å². The highest BCUT2D eigenvalue weighted by atomic mass is 16.5.